The monoisotopic (exact) mass is 229 g/mol. The van der Waals surface area contributed by atoms with Gasteiger partial charge in [0, 0.05) is 19.3 Å². The van der Waals surface area contributed by atoms with Gasteiger partial charge in [-0.25, -0.2) is 0 Å². The first kappa shape index (κ1) is 15.9. The first-order chi connectivity index (χ1) is 7.81. The van der Waals surface area contributed by atoms with Gasteiger partial charge in [0.15, 0.2) is 0 Å². The summed E-state index contributed by atoms with van der Waals surface area (Å²) in [6, 6.07) is 0.395. The van der Waals surface area contributed by atoms with Crippen LogP contribution in [0.4, 0.5) is 0 Å². The Morgan fingerprint density at radius 3 is 2.19 bits per heavy atom. The number of hydrogen-bond acceptors (Lipinski definition) is 2. The lowest BCUT2D eigenvalue weighted by Crippen LogP contribution is -2.20. The topological polar surface area (TPSA) is 35.2 Å². The lowest BCUT2D eigenvalue weighted by Gasteiger charge is -2.11. The molecule has 0 fully saturated rings. The molecular weight excluding hydrogens is 198 g/mol. The predicted molar refractivity (Wildman–Crippen MR) is 71.7 cm³/mol. The molecule has 0 aliphatic heterocycles. The normalized spacial score (nSPS) is 12.9. The van der Waals surface area contributed by atoms with E-state index in [-0.39, 0.29) is 0 Å². The predicted octanol–water partition coefficient (Wildman–Crippen LogP) is 3.88. The lowest BCUT2D eigenvalue weighted by atomic mass is 10.0. The van der Waals surface area contributed by atoms with E-state index in [1.54, 1.807) is 0 Å². The highest BCUT2D eigenvalue weighted by molar-refractivity contribution is 4.61. The summed E-state index contributed by atoms with van der Waals surface area (Å²) in [7, 11) is 0. The number of hydrogen-bond donors (Lipinski definition) is 1. The van der Waals surface area contributed by atoms with Gasteiger partial charge in [0.1, 0.15) is 0 Å². The summed E-state index contributed by atoms with van der Waals surface area (Å²) in [5.41, 5.74) is 6.04. The van der Waals surface area contributed by atoms with Crippen LogP contribution in [-0.2, 0) is 4.74 Å². The second-order valence-electron chi connectivity index (χ2n) is 4.66. The van der Waals surface area contributed by atoms with E-state index in [9.17, 15) is 0 Å². The molecule has 0 aliphatic rings. The van der Waals surface area contributed by atoms with E-state index in [4.69, 9.17) is 10.5 Å². The quantitative estimate of drug-likeness (QED) is 0.515. The average Bonchev–Trinajstić information content (AvgIpc) is 2.29. The van der Waals surface area contributed by atoms with E-state index in [0.29, 0.717) is 6.04 Å². The van der Waals surface area contributed by atoms with Crippen LogP contribution in [0.1, 0.15) is 71.6 Å². The van der Waals surface area contributed by atoms with Gasteiger partial charge >= 0.3 is 0 Å². The van der Waals surface area contributed by atoms with Crippen molar-refractivity contribution < 1.29 is 4.74 Å². The minimum Gasteiger partial charge on any atom is -0.382 e. The molecule has 2 nitrogen and oxygen atoms in total. The third-order valence-corrected chi connectivity index (χ3v) is 3.00. The maximum atomic E-state index is 6.04. The maximum Gasteiger partial charge on any atom is 0.0466 e. The summed E-state index contributed by atoms with van der Waals surface area (Å²) < 4.78 is 5.30. The van der Waals surface area contributed by atoms with Gasteiger partial charge in [0.05, 0.1) is 0 Å². The molecule has 0 aromatic rings. The molecule has 0 spiro atoms. The van der Waals surface area contributed by atoms with Gasteiger partial charge in [-0.3, -0.25) is 0 Å². The fourth-order valence-electron chi connectivity index (χ4n) is 1.92. The van der Waals surface area contributed by atoms with Crippen LogP contribution in [0.2, 0.25) is 0 Å². The fraction of sp³-hybridized carbons (Fsp3) is 1.00. The smallest absolute Gasteiger partial charge is 0.0466 e. The van der Waals surface area contributed by atoms with Crippen LogP contribution < -0.4 is 5.73 Å². The van der Waals surface area contributed by atoms with E-state index in [1.807, 2.05) is 6.92 Å². The maximum absolute atomic E-state index is 6.04. The Labute approximate surface area is 102 Å². The average molecular weight is 229 g/mol. The lowest BCUT2D eigenvalue weighted by molar-refractivity contribution is 0.141. The van der Waals surface area contributed by atoms with E-state index >= 15 is 0 Å². The molecule has 98 valence electrons. The van der Waals surface area contributed by atoms with E-state index in [2.05, 4.69) is 6.92 Å². The Morgan fingerprint density at radius 1 is 0.875 bits per heavy atom. The zero-order chi connectivity index (χ0) is 12.1. The molecule has 0 rings (SSSR count). The summed E-state index contributed by atoms with van der Waals surface area (Å²) in [5.74, 6) is 0. The molecule has 1 atom stereocenters. The first-order valence-corrected chi connectivity index (χ1v) is 7.14. The van der Waals surface area contributed by atoms with Crippen molar-refractivity contribution in [2.75, 3.05) is 13.2 Å². The Morgan fingerprint density at radius 2 is 1.50 bits per heavy atom. The Kier molecular flexibility index (Phi) is 12.9. The highest BCUT2D eigenvalue weighted by Crippen LogP contribution is 2.10. The molecule has 2 heteroatoms. The highest BCUT2D eigenvalue weighted by atomic mass is 16.5. The zero-order valence-corrected chi connectivity index (χ0v) is 11.3. The van der Waals surface area contributed by atoms with E-state index < -0.39 is 0 Å². The van der Waals surface area contributed by atoms with Crippen LogP contribution in [0.3, 0.4) is 0 Å². The standard InChI is InChI=1S/C14H31NO/c1-3-5-6-7-8-9-11-14(15)12-10-13-16-4-2/h14H,3-13,15H2,1-2H3. The summed E-state index contributed by atoms with van der Waals surface area (Å²) in [6.45, 7) is 6.00. The number of unbranched alkanes of at least 4 members (excludes halogenated alkanes) is 5. The summed E-state index contributed by atoms with van der Waals surface area (Å²) in [5, 5.41) is 0. The van der Waals surface area contributed by atoms with Crippen LogP contribution in [0.25, 0.3) is 0 Å². The molecule has 0 aromatic carbocycles. The van der Waals surface area contributed by atoms with Crippen molar-refractivity contribution in [2.24, 2.45) is 5.73 Å². The summed E-state index contributed by atoms with van der Waals surface area (Å²) in [4.78, 5) is 0. The zero-order valence-electron chi connectivity index (χ0n) is 11.3. The molecule has 0 radical (unpaired) electrons. The van der Waals surface area contributed by atoms with Crippen LogP contribution in [-0.4, -0.2) is 19.3 Å². The van der Waals surface area contributed by atoms with E-state index in [0.717, 1.165) is 26.1 Å². The molecule has 0 saturated heterocycles. The molecule has 1 unspecified atom stereocenters. The SMILES string of the molecule is CCCCCCCCC(N)CCCOCC. The van der Waals surface area contributed by atoms with Gasteiger partial charge < -0.3 is 10.5 Å². The van der Waals surface area contributed by atoms with Gasteiger partial charge in [-0.05, 0) is 26.2 Å². The molecule has 0 amide bonds. The summed E-state index contributed by atoms with van der Waals surface area (Å²) in [6.07, 6.45) is 11.6. The Balaban J connectivity index is 3.08. The van der Waals surface area contributed by atoms with Crippen LogP contribution in [0, 0.1) is 0 Å². The van der Waals surface area contributed by atoms with Crippen molar-refractivity contribution in [1.29, 1.82) is 0 Å². The van der Waals surface area contributed by atoms with Crippen molar-refractivity contribution in [1.82, 2.24) is 0 Å². The van der Waals surface area contributed by atoms with Gasteiger partial charge in [0.25, 0.3) is 0 Å². The van der Waals surface area contributed by atoms with Gasteiger partial charge in [0.2, 0.25) is 0 Å². The van der Waals surface area contributed by atoms with Crippen LogP contribution in [0.15, 0.2) is 0 Å². The molecule has 0 heterocycles. The summed E-state index contributed by atoms with van der Waals surface area (Å²) >= 11 is 0. The van der Waals surface area contributed by atoms with Crippen molar-refractivity contribution in [3.63, 3.8) is 0 Å². The first-order valence-electron chi connectivity index (χ1n) is 7.14. The Bertz CT molecular complexity index is 128. The second kappa shape index (κ2) is 13.0. The Hall–Kier alpha value is -0.0800. The van der Waals surface area contributed by atoms with Crippen LogP contribution in [0.5, 0.6) is 0 Å². The van der Waals surface area contributed by atoms with Crippen molar-refractivity contribution in [3.8, 4) is 0 Å². The van der Waals surface area contributed by atoms with Crippen molar-refractivity contribution in [3.05, 3.63) is 0 Å². The van der Waals surface area contributed by atoms with Gasteiger partial charge in [-0.15, -0.1) is 0 Å². The molecular formula is C14H31NO. The van der Waals surface area contributed by atoms with E-state index in [1.165, 1.54) is 44.9 Å². The molecule has 0 aromatic heterocycles. The third-order valence-electron chi connectivity index (χ3n) is 3.00. The molecule has 16 heavy (non-hydrogen) atoms. The van der Waals surface area contributed by atoms with Crippen molar-refractivity contribution in [2.45, 2.75) is 77.7 Å². The van der Waals surface area contributed by atoms with Crippen LogP contribution >= 0.6 is 0 Å². The third kappa shape index (κ3) is 12.0. The highest BCUT2D eigenvalue weighted by Gasteiger charge is 2.01. The molecule has 0 aliphatic carbocycles. The second-order valence-corrected chi connectivity index (χ2v) is 4.66. The number of ether oxygens (including phenoxy) is 1. The number of nitrogens with two attached hydrogens (primary N) is 1. The minimum absolute atomic E-state index is 0.395. The van der Waals surface area contributed by atoms with Crippen molar-refractivity contribution >= 4 is 0 Å². The van der Waals surface area contributed by atoms with Gasteiger partial charge in [-0.2, -0.15) is 0 Å². The van der Waals surface area contributed by atoms with Gasteiger partial charge in [-0.1, -0.05) is 45.4 Å². The fourth-order valence-corrected chi connectivity index (χ4v) is 1.92. The molecule has 2 N–H and O–H groups in total. The number of rotatable bonds is 12. The minimum atomic E-state index is 0.395. The molecule has 0 bridgehead atoms. The largest absolute Gasteiger partial charge is 0.382 e. The molecule has 0 saturated carbocycles.